The Kier molecular flexibility index (Phi) is 8.45. The fourth-order valence-corrected chi connectivity index (χ4v) is 6.48. The molecule has 3 heterocycles. The summed E-state index contributed by atoms with van der Waals surface area (Å²) in [5.74, 6) is 1.05. The molecule has 0 saturated heterocycles. The maximum Gasteiger partial charge on any atom is 0.338 e. The second-order valence-electron chi connectivity index (χ2n) is 9.10. The summed E-state index contributed by atoms with van der Waals surface area (Å²) in [6.45, 7) is 2.38. The maximum atomic E-state index is 13.4. The molecule has 1 unspecified atom stereocenters. The van der Waals surface area contributed by atoms with E-state index in [9.17, 15) is 4.79 Å². The van der Waals surface area contributed by atoms with E-state index in [1.807, 2.05) is 78.9 Å². The second-order valence-corrected chi connectivity index (χ2v) is 11.7. The molecule has 1 aliphatic heterocycles. The molecule has 212 valence electrons. The predicted octanol–water partition coefficient (Wildman–Crippen LogP) is 6.05. The van der Waals surface area contributed by atoms with Gasteiger partial charge in [-0.25, -0.2) is 4.79 Å². The molecule has 1 atom stereocenters. The van der Waals surface area contributed by atoms with Crippen LogP contribution < -0.4 is 10.1 Å². The lowest BCUT2D eigenvalue weighted by Gasteiger charge is -2.28. The highest BCUT2D eigenvalue weighted by atomic mass is 35.5. The predicted molar refractivity (Wildman–Crippen MR) is 162 cm³/mol. The van der Waals surface area contributed by atoms with E-state index in [0.717, 1.165) is 26.0 Å². The molecule has 6 rings (SSSR count). The number of hydrogen-bond acceptors (Lipinski definition) is 11. The number of rotatable bonds is 10. The van der Waals surface area contributed by atoms with Gasteiger partial charge in [-0.05, 0) is 52.7 Å². The Bertz CT molecular complexity index is 1720. The number of benzene rings is 3. The van der Waals surface area contributed by atoms with Gasteiger partial charge in [0.05, 0.1) is 12.2 Å². The molecular formula is C29H24ClN7O3S2. The molecule has 1 aliphatic rings. The Morgan fingerprint density at radius 3 is 2.67 bits per heavy atom. The highest BCUT2D eigenvalue weighted by Gasteiger charge is 2.36. The molecule has 0 fully saturated rings. The molecule has 2 aromatic heterocycles. The lowest BCUT2D eigenvalue weighted by molar-refractivity contribution is -0.139. The summed E-state index contributed by atoms with van der Waals surface area (Å²) in [6.07, 6.45) is 0. The van der Waals surface area contributed by atoms with Crippen LogP contribution in [0.3, 0.4) is 0 Å². The zero-order chi connectivity index (χ0) is 28.9. The molecule has 0 amide bonds. The smallest absolute Gasteiger partial charge is 0.338 e. The van der Waals surface area contributed by atoms with E-state index in [0.29, 0.717) is 40.4 Å². The third-order valence-corrected chi connectivity index (χ3v) is 8.72. The van der Waals surface area contributed by atoms with E-state index in [-0.39, 0.29) is 6.61 Å². The fourth-order valence-electron chi connectivity index (χ4n) is 4.44. The number of thioether (sulfide) groups is 1. The number of aromatic nitrogens is 6. The zero-order valence-corrected chi connectivity index (χ0v) is 24.7. The van der Waals surface area contributed by atoms with Crippen molar-refractivity contribution in [2.45, 2.75) is 23.9 Å². The first kappa shape index (κ1) is 27.9. The van der Waals surface area contributed by atoms with Crippen molar-refractivity contribution in [2.75, 3.05) is 17.7 Å². The topological polar surface area (TPSA) is 117 Å². The van der Waals surface area contributed by atoms with Gasteiger partial charge in [-0.15, -0.1) is 10.2 Å². The van der Waals surface area contributed by atoms with Crippen LogP contribution in [-0.4, -0.2) is 48.7 Å². The van der Waals surface area contributed by atoms with Crippen LogP contribution >= 0.6 is 34.7 Å². The van der Waals surface area contributed by atoms with Crippen LogP contribution in [0, 0.1) is 0 Å². The molecule has 0 spiro atoms. The van der Waals surface area contributed by atoms with Crippen molar-refractivity contribution in [3.05, 3.63) is 106 Å². The first-order chi connectivity index (χ1) is 20.6. The Morgan fingerprint density at radius 1 is 1.05 bits per heavy atom. The van der Waals surface area contributed by atoms with Crippen molar-refractivity contribution in [2.24, 2.45) is 0 Å². The van der Waals surface area contributed by atoms with Gasteiger partial charge >= 0.3 is 5.97 Å². The lowest BCUT2D eigenvalue weighted by atomic mass is 9.95. The first-order valence-electron chi connectivity index (χ1n) is 13.0. The van der Waals surface area contributed by atoms with E-state index >= 15 is 0 Å². The normalized spacial score (nSPS) is 14.3. The summed E-state index contributed by atoms with van der Waals surface area (Å²) in [7, 11) is 0. The number of ether oxygens (including phenoxy) is 2. The van der Waals surface area contributed by atoms with Crippen molar-refractivity contribution < 1.29 is 14.3 Å². The maximum absolute atomic E-state index is 13.4. The SMILES string of the molecule is CCOC(=O)C1=C(CSc2nnc(-c3ccccc3)s2)Nc2nnnn2C1c1ccc(OCc2cccc(Cl)c2)cc1. The van der Waals surface area contributed by atoms with Crippen molar-refractivity contribution >= 4 is 46.6 Å². The summed E-state index contributed by atoms with van der Waals surface area (Å²) in [6, 6.07) is 24.3. The number of tetrazole rings is 1. The van der Waals surface area contributed by atoms with Gasteiger partial charge in [0.25, 0.3) is 0 Å². The van der Waals surface area contributed by atoms with Crippen molar-refractivity contribution in [1.29, 1.82) is 0 Å². The number of nitrogens with one attached hydrogen (secondary N) is 1. The second kappa shape index (κ2) is 12.7. The Balaban J connectivity index is 1.27. The highest BCUT2D eigenvalue weighted by Crippen LogP contribution is 2.38. The van der Waals surface area contributed by atoms with Gasteiger partial charge in [-0.3, -0.25) is 0 Å². The number of carbonyl (C=O) groups is 1. The Labute approximate surface area is 254 Å². The summed E-state index contributed by atoms with van der Waals surface area (Å²) in [5, 5.41) is 25.6. The van der Waals surface area contributed by atoms with Gasteiger partial charge in [-0.2, -0.15) is 4.68 Å². The lowest BCUT2D eigenvalue weighted by Crippen LogP contribution is -2.31. The van der Waals surface area contributed by atoms with E-state index in [1.54, 1.807) is 11.6 Å². The van der Waals surface area contributed by atoms with Crippen LogP contribution in [0.15, 0.2) is 94.5 Å². The van der Waals surface area contributed by atoms with Crippen molar-refractivity contribution in [1.82, 2.24) is 30.4 Å². The number of carbonyl (C=O) groups excluding carboxylic acids is 1. The summed E-state index contributed by atoms with van der Waals surface area (Å²) >= 11 is 9.06. The molecule has 13 heteroatoms. The van der Waals surface area contributed by atoms with Gasteiger partial charge in [0.1, 0.15) is 23.4 Å². The first-order valence-corrected chi connectivity index (χ1v) is 15.2. The minimum Gasteiger partial charge on any atom is -0.489 e. The van der Waals surface area contributed by atoms with Gasteiger partial charge in [0.15, 0.2) is 4.34 Å². The Hall–Kier alpha value is -4.26. The number of anilines is 1. The average molecular weight is 618 g/mol. The van der Waals surface area contributed by atoms with Gasteiger partial charge < -0.3 is 14.8 Å². The van der Waals surface area contributed by atoms with Gasteiger partial charge in [0.2, 0.25) is 5.95 Å². The standard InChI is InChI=1S/C29H24ClN7O3S2/c1-2-39-27(38)24-23(17-41-29-34-32-26(42-29)20-8-4-3-5-9-20)31-28-33-35-36-37(28)25(24)19-11-13-22(14-12-19)40-16-18-7-6-10-21(30)15-18/h3-15,25H,2,16-17H2,1H3,(H,31,33,36). The van der Waals surface area contributed by atoms with Crippen LogP contribution in [0.1, 0.15) is 24.1 Å². The zero-order valence-electron chi connectivity index (χ0n) is 22.3. The number of nitrogens with zero attached hydrogens (tertiary/aromatic N) is 6. The summed E-state index contributed by atoms with van der Waals surface area (Å²) in [5.41, 5.74) is 3.83. The van der Waals surface area contributed by atoms with Gasteiger partial charge in [-0.1, -0.05) is 94.4 Å². The molecule has 0 bridgehead atoms. The summed E-state index contributed by atoms with van der Waals surface area (Å²) in [4.78, 5) is 13.4. The molecular weight excluding hydrogens is 594 g/mol. The van der Waals surface area contributed by atoms with Crippen LogP contribution in [0.2, 0.25) is 5.02 Å². The monoisotopic (exact) mass is 617 g/mol. The third kappa shape index (κ3) is 6.15. The molecule has 0 aliphatic carbocycles. The fraction of sp³-hybridized carbons (Fsp3) is 0.172. The number of halogens is 1. The largest absolute Gasteiger partial charge is 0.489 e. The van der Waals surface area contributed by atoms with E-state index < -0.39 is 12.0 Å². The van der Waals surface area contributed by atoms with Crippen LogP contribution in [-0.2, 0) is 16.1 Å². The van der Waals surface area contributed by atoms with Crippen LogP contribution in [0.4, 0.5) is 5.95 Å². The van der Waals surface area contributed by atoms with Crippen LogP contribution in [0.25, 0.3) is 10.6 Å². The quantitative estimate of drug-likeness (QED) is 0.147. The van der Waals surface area contributed by atoms with E-state index in [4.69, 9.17) is 21.1 Å². The molecule has 3 aromatic carbocycles. The average Bonchev–Trinajstić information content (AvgIpc) is 3.69. The van der Waals surface area contributed by atoms with Crippen molar-refractivity contribution in [3.8, 4) is 16.3 Å². The van der Waals surface area contributed by atoms with E-state index in [1.165, 1.54) is 23.1 Å². The van der Waals surface area contributed by atoms with Crippen LogP contribution in [0.5, 0.6) is 5.75 Å². The molecule has 0 saturated carbocycles. The number of esters is 1. The molecule has 5 aromatic rings. The van der Waals surface area contributed by atoms with Gasteiger partial charge in [0, 0.05) is 22.0 Å². The number of fused-ring (bicyclic) bond motifs is 1. The molecule has 42 heavy (non-hydrogen) atoms. The third-order valence-electron chi connectivity index (χ3n) is 6.35. The van der Waals surface area contributed by atoms with E-state index in [2.05, 4.69) is 31.0 Å². The van der Waals surface area contributed by atoms with Crippen molar-refractivity contribution in [3.63, 3.8) is 0 Å². The number of hydrogen-bond donors (Lipinski definition) is 1. The molecule has 0 radical (unpaired) electrons. The molecule has 1 N–H and O–H groups in total. The minimum absolute atomic E-state index is 0.227. The minimum atomic E-state index is -0.609. The highest BCUT2D eigenvalue weighted by molar-refractivity contribution is 8.01. The summed E-state index contributed by atoms with van der Waals surface area (Å²) < 4.78 is 13.8. The molecule has 10 nitrogen and oxygen atoms in total. The Morgan fingerprint density at radius 2 is 1.88 bits per heavy atom.